The second-order valence-corrected chi connectivity index (χ2v) is 9.22. The van der Waals surface area contributed by atoms with Crippen molar-refractivity contribution in [2.75, 3.05) is 32.7 Å². The topological polar surface area (TPSA) is 43.9 Å². The predicted octanol–water partition coefficient (Wildman–Crippen LogP) is 4.23. The van der Waals surface area contributed by atoms with E-state index < -0.39 is 0 Å². The summed E-state index contributed by atoms with van der Waals surface area (Å²) < 4.78 is 0. The highest BCUT2D eigenvalue weighted by Gasteiger charge is 2.42. The Morgan fingerprint density at radius 2 is 1.65 bits per heavy atom. The van der Waals surface area contributed by atoms with Gasteiger partial charge in [0.15, 0.2) is 0 Å². The monoisotopic (exact) mass is 437 g/mol. The third kappa shape index (κ3) is 4.91. The SMILES string of the molecule is CCCCCCN1C(=O)C(c2cccs2)=C(N2CCN(Cc3ccccc3)CC2)C1=O. The van der Waals surface area contributed by atoms with Gasteiger partial charge in [0, 0.05) is 44.1 Å². The zero-order chi connectivity index (χ0) is 21.6. The molecular weight excluding hydrogens is 406 g/mol. The third-order valence-electron chi connectivity index (χ3n) is 6.08. The molecule has 1 saturated heterocycles. The Labute approximate surface area is 189 Å². The lowest BCUT2D eigenvalue weighted by atomic mass is 10.1. The van der Waals surface area contributed by atoms with Crippen molar-refractivity contribution in [3.05, 3.63) is 64.0 Å². The van der Waals surface area contributed by atoms with Gasteiger partial charge < -0.3 is 4.90 Å². The molecule has 1 fully saturated rings. The first-order valence-electron chi connectivity index (χ1n) is 11.3. The van der Waals surface area contributed by atoms with E-state index in [1.54, 1.807) is 0 Å². The highest BCUT2D eigenvalue weighted by Crippen LogP contribution is 2.34. The van der Waals surface area contributed by atoms with Crippen molar-refractivity contribution in [3.63, 3.8) is 0 Å². The standard InChI is InChI=1S/C25H31N3O2S/c1-2-3-4-8-13-28-24(29)22(21-12-9-18-31-21)23(25(28)30)27-16-14-26(15-17-27)19-20-10-6-5-7-11-20/h5-7,9-12,18H,2-4,8,13-17,19H2,1H3. The molecule has 0 N–H and O–H groups in total. The van der Waals surface area contributed by atoms with Gasteiger partial charge in [0.05, 0.1) is 5.57 Å². The maximum Gasteiger partial charge on any atom is 0.277 e. The summed E-state index contributed by atoms with van der Waals surface area (Å²) in [6.07, 6.45) is 4.20. The second-order valence-electron chi connectivity index (χ2n) is 8.27. The number of nitrogens with zero attached hydrogens (tertiary/aromatic N) is 3. The molecule has 3 heterocycles. The van der Waals surface area contributed by atoms with Crippen LogP contribution in [0.25, 0.3) is 5.57 Å². The Balaban J connectivity index is 1.48. The molecule has 2 aliphatic heterocycles. The third-order valence-corrected chi connectivity index (χ3v) is 6.97. The minimum Gasteiger partial charge on any atom is -0.364 e. The van der Waals surface area contributed by atoms with Crippen LogP contribution < -0.4 is 0 Å². The Kier molecular flexibility index (Phi) is 7.20. The molecule has 5 nitrogen and oxygen atoms in total. The molecule has 0 aliphatic carbocycles. The van der Waals surface area contributed by atoms with Crippen LogP contribution in [0.15, 0.2) is 53.5 Å². The maximum atomic E-state index is 13.4. The van der Waals surface area contributed by atoms with Crippen LogP contribution >= 0.6 is 11.3 Å². The molecule has 2 aromatic rings. The van der Waals surface area contributed by atoms with E-state index in [2.05, 4.69) is 41.0 Å². The van der Waals surface area contributed by atoms with E-state index in [1.165, 1.54) is 21.8 Å². The molecule has 2 aliphatic rings. The summed E-state index contributed by atoms with van der Waals surface area (Å²) in [5.74, 6) is -0.230. The van der Waals surface area contributed by atoms with Gasteiger partial charge in [0.2, 0.25) is 0 Å². The van der Waals surface area contributed by atoms with E-state index in [9.17, 15) is 9.59 Å². The van der Waals surface area contributed by atoms with Crippen molar-refractivity contribution in [2.24, 2.45) is 0 Å². The average molecular weight is 438 g/mol. The van der Waals surface area contributed by atoms with Crippen molar-refractivity contribution >= 4 is 28.7 Å². The predicted molar refractivity (Wildman–Crippen MR) is 125 cm³/mol. The van der Waals surface area contributed by atoms with Crippen LogP contribution in [-0.2, 0) is 16.1 Å². The number of hydrogen-bond acceptors (Lipinski definition) is 5. The van der Waals surface area contributed by atoms with E-state index >= 15 is 0 Å². The van der Waals surface area contributed by atoms with Gasteiger partial charge in [-0.05, 0) is 23.4 Å². The smallest absolute Gasteiger partial charge is 0.277 e. The van der Waals surface area contributed by atoms with Crippen LogP contribution in [0, 0.1) is 0 Å². The van der Waals surface area contributed by atoms with Crippen molar-refractivity contribution in [1.82, 2.24) is 14.7 Å². The number of amides is 2. The van der Waals surface area contributed by atoms with Gasteiger partial charge in [-0.3, -0.25) is 19.4 Å². The lowest BCUT2D eigenvalue weighted by molar-refractivity contribution is -0.137. The number of unbranched alkanes of at least 4 members (excludes halogenated alkanes) is 3. The summed E-state index contributed by atoms with van der Waals surface area (Å²) in [5, 5.41) is 1.97. The molecule has 4 rings (SSSR count). The molecule has 0 saturated carbocycles. The minimum absolute atomic E-state index is 0.110. The first kappa shape index (κ1) is 21.8. The van der Waals surface area contributed by atoms with Crippen LogP contribution in [0.2, 0.25) is 0 Å². The second kappa shape index (κ2) is 10.2. The number of carbonyl (C=O) groups excluding carboxylic acids is 2. The molecule has 1 aromatic heterocycles. The lowest BCUT2D eigenvalue weighted by Crippen LogP contribution is -2.47. The summed E-state index contributed by atoms with van der Waals surface area (Å²) in [6, 6.07) is 14.4. The van der Waals surface area contributed by atoms with Gasteiger partial charge in [-0.1, -0.05) is 62.6 Å². The summed E-state index contributed by atoms with van der Waals surface area (Å²) in [4.78, 5) is 33.5. The molecule has 0 atom stereocenters. The molecule has 2 amide bonds. The molecule has 164 valence electrons. The molecular formula is C25H31N3O2S. The summed E-state index contributed by atoms with van der Waals surface area (Å²) >= 11 is 1.54. The van der Waals surface area contributed by atoms with E-state index in [4.69, 9.17) is 0 Å². The van der Waals surface area contributed by atoms with Crippen LogP contribution in [-0.4, -0.2) is 59.2 Å². The number of rotatable bonds is 9. The van der Waals surface area contributed by atoms with Gasteiger partial charge in [0.25, 0.3) is 11.8 Å². The molecule has 6 heteroatoms. The van der Waals surface area contributed by atoms with Gasteiger partial charge in [-0.25, -0.2) is 0 Å². The molecule has 31 heavy (non-hydrogen) atoms. The summed E-state index contributed by atoms with van der Waals surface area (Å²) in [7, 11) is 0. The zero-order valence-electron chi connectivity index (χ0n) is 18.3. The van der Waals surface area contributed by atoms with Gasteiger partial charge in [0.1, 0.15) is 5.70 Å². The quantitative estimate of drug-likeness (QED) is 0.435. The van der Waals surface area contributed by atoms with E-state index in [0.29, 0.717) is 17.8 Å². The maximum absolute atomic E-state index is 13.4. The summed E-state index contributed by atoms with van der Waals surface area (Å²) in [5.41, 5.74) is 2.52. The van der Waals surface area contributed by atoms with Gasteiger partial charge in [-0.2, -0.15) is 0 Å². The van der Waals surface area contributed by atoms with Crippen molar-refractivity contribution < 1.29 is 9.59 Å². The molecule has 0 spiro atoms. The normalized spacial score (nSPS) is 17.8. The Morgan fingerprint density at radius 3 is 2.32 bits per heavy atom. The average Bonchev–Trinajstić information content (AvgIpc) is 3.40. The van der Waals surface area contributed by atoms with E-state index in [-0.39, 0.29) is 11.8 Å². The number of imide groups is 1. The van der Waals surface area contributed by atoms with Crippen LogP contribution in [0.1, 0.15) is 43.0 Å². The highest BCUT2D eigenvalue weighted by atomic mass is 32.1. The number of carbonyl (C=O) groups is 2. The number of thiophene rings is 1. The highest BCUT2D eigenvalue weighted by molar-refractivity contribution is 7.11. The molecule has 1 aromatic carbocycles. The van der Waals surface area contributed by atoms with Crippen molar-refractivity contribution in [1.29, 1.82) is 0 Å². The fourth-order valence-electron chi connectivity index (χ4n) is 4.37. The van der Waals surface area contributed by atoms with Gasteiger partial charge in [-0.15, -0.1) is 11.3 Å². The number of hydrogen-bond donors (Lipinski definition) is 0. The van der Waals surface area contributed by atoms with E-state index in [1.807, 2.05) is 23.6 Å². The lowest BCUT2D eigenvalue weighted by Gasteiger charge is -2.36. The fraction of sp³-hybridized carbons (Fsp3) is 0.440. The molecule has 0 bridgehead atoms. The number of benzene rings is 1. The summed E-state index contributed by atoms with van der Waals surface area (Å²) in [6.45, 7) is 6.89. The Hall–Kier alpha value is -2.44. The molecule has 0 unspecified atom stereocenters. The van der Waals surface area contributed by atoms with Gasteiger partial charge >= 0.3 is 0 Å². The van der Waals surface area contributed by atoms with Crippen LogP contribution in [0.3, 0.4) is 0 Å². The number of piperazine rings is 1. The Bertz CT molecular complexity index is 916. The largest absolute Gasteiger partial charge is 0.364 e. The van der Waals surface area contributed by atoms with E-state index in [0.717, 1.165) is 63.3 Å². The fourth-order valence-corrected chi connectivity index (χ4v) is 5.13. The minimum atomic E-state index is -0.120. The van der Waals surface area contributed by atoms with Crippen LogP contribution in [0.5, 0.6) is 0 Å². The first-order valence-corrected chi connectivity index (χ1v) is 12.2. The van der Waals surface area contributed by atoms with Crippen LogP contribution in [0.4, 0.5) is 0 Å². The first-order chi connectivity index (χ1) is 15.2. The van der Waals surface area contributed by atoms with Crippen molar-refractivity contribution in [2.45, 2.75) is 39.2 Å². The molecule has 0 radical (unpaired) electrons. The Morgan fingerprint density at radius 1 is 0.871 bits per heavy atom. The zero-order valence-corrected chi connectivity index (χ0v) is 19.1. The van der Waals surface area contributed by atoms with Crippen molar-refractivity contribution in [3.8, 4) is 0 Å².